The summed E-state index contributed by atoms with van der Waals surface area (Å²) in [7, 11) is 1.86. The lowest BCUT2D eigenvalue weighted by Crippen LogP contribution is -2.07. The van der Waals surface area contributed by atoms with Gasteiger partial charge in [-0.15, -0.1) is 0 Å². The fraction of sp³-hybridized carbons (Fsp3) is 0.200. The van der Waals surface area contributed by atoms with Gasteiger partial charge >= 0.3 is 0 Å². The van der Waals surface area contributed by atoms with Crippen molar-refractivity contribution in [3.8, 4) is 0 Å². The monoisotopic (exact) mass is 229 g/mol. The number of rotatable bonds is 3. The SMILES string of the molecule is Cn1ncnc1CNc1ccnc2cn[nH]c12. The Bertz CT molecular complexity index is 639. The number of pyridine rings is 1. The molecular weight excluding hydrogens is 218 g/mol. The van der Waals surface area contributed by atoms with Gasteiger partial charge in [-0.05, 0) is 6.07 Å². The van der Waals surface area contributed by atoms with Crippen LogP contribution in [0.3, 0.4) is 0 Å². The molecule has 0 aliphatic heterocycles. The van der Waals surface area contributed by atoms with Crippen molar-refractivity contribution in [3.63, 3.8) is 0 Å². The molecule has 0 spiro atoms. The van der Waals surface area contributed by atoms with E-state index in [1.54, 1.807) is 17.1 Å². The molecule has 7 nitrogen and oxygen atoms in total. The number of nitrogens with zero attached hydrogens (tertiary/aromatic N) is 5. The maximum Gasteiger partial charge on any atom is 0.145 e. The third-order valence-corrected chi connectivity index (χ3v) is 2.59. The molecule has 0 atom stereocenters. The minimum atomic E-state index is 0.606. The van der Waals surface area contributed by atoms with Crippen molar-refractivity contribution in [1.29, 1.82) is 0 Å². The van der Waals surface area contributed by atoms with Crippen molar-refractivity contribution < 1.29 is 0 Å². The number of H-pyrrole nitrogens is 1. The molecule has 3 aromatic rings. The van der Waals surface area contributed by atoms with Crippen molar-refractivity contribution in [2.75, 3.05) is 5.32 Å². The van der Waals surface area contributed by atoms with E-state index in [0.29, 0.717) is 6.54 Å². The highest BCUT2D eigenvalue weighted by atomic mass is 15.3. The van der Waals surface area contributed by atoms with Gasteiger partial charge in [-0.25, -0.2) is 4.98 Å². The minimum absolute atomic E-state index is 0.606. The third kappa shape index (κ3) is 1.71. The molecule has 0 fully saturated rings. The molecule has 0 amide bonds. The molecular formula is C10H11N7. The van der Waals surface area contributed by atoms with Crippen LogP contribution in [0.5, 0.6) is 0 Å². The Labute approximate surface area is 96.9 Å². The second kappa shape index (κ2) is 3.85. The Morgan fingerprint density at radius 3 is 3.18 bits per heavy atom. The van der Waals surface area contributed by atoms with Crippen LogP contribution in [0.2, 0.25) is 0 Å². The first-order valence-corrected chi connectivity index (χ1v) is 5.19. The fourth-order valence-corrected chi connectivity index (χ4v) is 1.65. The summed E-state index contributed by atoms with van der Waals surface area (Å²) in [6.45, 7) is 0.606. The molecule has 7 heteroatoms. The van der Waals surface area contributed by atoms with Gasteiger partial charge in [0.1, 0.15) is 23.2 Å². The second-order valence-electron chi connectivity index (χ2n) is 3.64. The van der Waals surface area contributed by atoms with Gasteiger partial charge < -0.3 is 5.32 Å². The number of aromatic nitrogens is 6. The lowest BCUT2D eigenvalue weighted by Gasteiger charge is -2.06. The zero-order chi connectivity index (χ0) is 11.7. The highest BCUT2D eigenvalue weighted by Gasteiger charge is 2.05. The van der Waals surface area contributed by atoms with Crippen molar-refractivity contribution in [2.24, 2.45) is 7.05 Å². The van der Waals surface area contributed by atoms with Gasteiger partial charge in [-0.1, -0.05) is 0 Å². The van der Waals surface area contributed by atoms with Crippen LogP contribution in [-0.4, -0.2) is 29.9 Å². The summed E-state index contributed by atoms with van der Waals surface area (Å²) in [4.78, 5) is 8.34. The Morgan fingerprint density at radius 2 is 2.35 bits per heavy atom. The highest BCUT2D eigenvalue weighted by molar-refractivity contribution is 5.86. The first kappa shape index (κ1) is 9.76. The Kier molecular flexibility index (Phi) is 2.21. The van der Waals surface area contributed by atoms with Gasteiger partial charge in [-0.3, -0.25) is 14.8 Å². The molecule has 2 N–H and O–H groups in total. The predicted molar refractivity (Wildman–Crippen MR) is 62.2 cm³/mol. The van der Waals surface area contributed by atoms with E-state index in [-0.39, 0.29) is 0 Å². The molecule has 0 unspecified atom stereocenters. The minimum Gasteiger partial charge on any atom is -0.376 e. The van der Waals surface area contributed by atoms with E-state index >= 15 is 0 Å². The number of aromatic amines is 1. The van der Waals surface area contributed by atoms with Crippen LogP contribution >= 0.6 is 0 Å². The maximum atomic E-state index is 4.20. The Morgan fingerprint density at radius 1 is 1.41 bits per heavy atom. The van der Waals surface area contributed by atoms with Crippen LogP contribution < -0.4 is 5.32 Å². The Hall–Kier alpha value is -2.44. The van der Waals surface area contributed by atoms with Crippen molar-refractivity contribution in [3.05, 3.63) is 30.6 Å². The summed E-state index contributed by atoms with van der Waals surface area (Å²) >= 11 is 0. The smallest absolute Gasteiger partial charge is 0.145 e. The molecule has 3 rings (SSSR count). The van der Waals surface area contributed by atoms with E-state index in [9.17, 15) is 0 Å². The predicted octanol–water partition coefficient (Wildman–Crippen LogP) is 0.698. The number of anilines is 1. The van der Waals surface area contributed by atoms with E-state index < -0.39 is 0 Å². The van der Waals surface area contributed by atoms with E-state index in [4.69, 9.17) is 0 Å². The highest BCUT2D eigenvalue weighted by Crippen LogP contribution is 2.18. The molecule has 0 aromatic carbocycles. The number of nitrogens with one attached hydrogen (secondary N) is 2. The number of aryl methyl sites for hydroxylation is 1. The van der Waals surface area contributed by atoms with E-state index in [0.717, 1.165) is 22.5 Å². The van der Waals surface area contributed by atoms with Crippen LogP contribution in [0.15, 0.2) is 24.8 Å². The first-order valence-electron chi connectivity index (χ1n) is 5.19. The molecule has 0 aliphatic rings. The fourth-order valence-electron chi connectivity index (χ4n) is 1.65. The molecule has 0 saturated carbocycles. The largest absolute Gasteiger partial charge is 0.376 e. The van der Waals surface area contributed by atoms with Crippen LogP contribution in [0.25, 0.3) is 11.0 Å². The number of hydrogen-bond acceptors (Lipinski definition) is 5. The van der Waals surface area contributed by atoms with Gasteiger partial charge in [0.25, 0.3) is 0 Å². The average Bonchev–Trinajstić information content (AvgIpc) is 2.95. The van der Waals surface area contributed by atoms with Gasteiger partial charge in [0, 0.05) is 13.2 Å². The lowest BCUT2D eigenvalue weighted by atomic mass is 10.3. The molecule has 86 valence electrons. The molecule has 17 heavy (non-hydrogen) atoms. The third-order valence-electron chi connectivity index (χ3n) is 2.59. The first-order chi connectivity index (χ1) is 8.34. The number of hydrogen-bond donors (Lipinski definition) is 2. The second-order valence-corrected chi connectivity index (χ2v) is 3.64. The molecule has 0 saturated heterocycles. The Balaban J connectivity index is 1.86. The summed E-state index contributed by atoms with van der Waals surface area (Å²) in [5.41, 5.74) is 2.69. The van der Waals surface area contributed by atoms with Crippen molar-refractivity contribution in [2.45, 2.75) is 6.54 Å². The summed E-state index contributed by atoms with van der Waals surface area (Å²) in [6, 6.07) is 1.90. The molecule has 3 heterocycles. The van der Waals surface area contributed by atoms with Gasteiger partial charge in [0.05, 0.1) is 18.4 Å². The normalized spacial score (nSPS) is 10.9. The zero-order valence-electron chi connectivity index (χ0n) is 9.25. The molecule has 3 aromatic heterocycles. The molecule has 0 bridgehead atoms. The lowest BCUT2D eigenvalue weighted by molar-refractivity contribution is 0.712. The van der Waals surface area contributed by atoms with Crippen LogP contribution in [0, 0.1) is 0 Å². The van der Waals surface area contributed by atoms with Crippen molar-refractivity contribution >= 4 is 16.7 Å². The van der Waals surface area contributed by atoms with Gasteiger partial charge in [-0.2, -0.15) is 10.2 Å². The quantitative estimate of drug-likeness (QED) is 0.690. The topological polar surface area (TPSA) is 84.3 Å². The van der Waals surface area contributed by atoms with E-state index in [2.05, 4.69) is 30.6 Å². The standard InChI is InChI=1S/C10H11N7/c1-17-9(13-6-15-17)5-12-7-2-3-11-8-4-14-16-10(7)8/h2-4,6H,5H2,1H3,(H,11,12)(H,14,16). The van der Waals surface area contributed by atoms with Gasteiger partial charge in [0.15, 0.2) is 0 Å². The average molecular weight is 229 g/mol. The summed E-state index contributed by atoms with van der Waals surface area (Å²) in [5, 5.41) is 14.2. The van der Waals surface area contributed by atoms with Crippen molar-refractivity contribution in [1.82, 2.24) is 29.9 Å². The zero-order valence-corrected chi connectivity index (χ0v) is 9.25. The van der Waals surface area contributed by atoms with E-state index in [1.165, 1.54) is 6.33 Å². The summed E-state index contributed by atoms with van der Waals surface area (Å²) in [6.07, 6.45) is 4.98. The van der Waals surface area contributed by atoms with Crippen LogP contribution in [0.1, 0.15) is 5.82 Å². The van der Waals surface area contributed by atoms with Crippen LogP contribution in [0.4, 0.5) is 5.69 Å². The summed E-state index contributed by atoms with van der Waals surface area (Å²) in [5.74, 6) is 0.870. The summed E-state index contributed by atoms with van der Waals surface area (Å²) < 4.78 is 1.73. The van der Waals surface area contributed by atoms with E-state index in [1.807, 2.05) is 13.1 Å². The maximum absolute atomic E-state index is 4.20. The molecule has 0 radical (unpaired) electrons. The van der Waals surface area contributed by atoms with Gasteiger partial charge in [0.2, 0.25) is 0 Å². The van der Waals surface area contributed by atoms with Crippen LogP contribution in [-0.2, 0) is 13.6 Å². The number of fused-ring (bicyclic) bond motifs is 1. The molecule has 0 aliphatic carbocycles.